The van der Waals surface area contributed by atoms with Gasteiger partial charge in [-0.2, -0.15) is 0 Å². The Hall–Kier alpha value is -3.08. The van der Waals surface area contributed by atoms with Gasteiger partial charge in [0.25, 0.3) is 0 Å². The number of nitrogens with zero attached hydrogens (tertiary/aromatic N) is 2. The Morgan fingerprint density at radius 2 is 2.08 bits per heavy atom. The third kappa shape index (κ3) is 2.76. The summed E-state index contributed by atoms with van der Waals surface area (Å²) < 4.78 is 5.36. The highest BCUT2D eigenvalue weighted by Crippen LogP contribution is 2.26. The van der Waals surface area contributed by atoms with Gasteiger partial charge in [0.2, 0.25) is 0 Å². The molecule has 0 saturated heterocycles. The zero-order valence-corrected chi connectivity index (χ0v) is 13.6. The Balaban J connectivity index is 1.66. The summed E-state index contributed by atoms with van der Waals surface area (Å²) in [6.07, 6.45) is 3.52. The Morgan fingerprint density at radius 1 is 1.17 bits per heavy atom. The lowest BCUT2D eigenvalue weighted by molar-refractivity contribution is 0.518. The first-order valence-electron chi connectivity index (χ1n) is 7.89. The fraction of sp³-hybridized carbons (Fsp3) is 0.158. The lowest BCUT2D eigenvalue weighted by Crippen LogP contribution is -1.99. The lowest BCUT2D eigenvalue weighted by Gasteiger charge is -2.08. The van der Waals surface area contributed by atoms with Crippen LogP contribution in [-0.2, 0) is 6.54 Å². The number of fused-ring (bicyclic) bond motifs is 1. The van der Waals surface area contributed by atoms with Crippen LogP contribution in [0.5, 0.6) is 0 Å². The molecule has 0 aliphatic heterocycles. The SMILES string of the molecule is Cc1cnc2nc(-c3cc(NCc4ccco4)ccc3C)[nH]c2c1. The van der Waals surface area contributed by atoms with E-state index < -0.39 is 0 Å². The van der Waals surface area contributed by atoms with Gasteiger partial charge in [0.15, 0.2) is 5.65 Å². The van der Waals surface area contributed by atoms with E-state index in [1.807, 2.05) is 25.3 Å². The van der Waals surface area contributed by atoms with Crippen LogP contribution in [-0.4, -0.2) is 15.0 Å². The molecule has 1 aromatic carbocycles. The predicted molar refractivity (Wildman–Crippen MR) is 94.8 cm³/mol. The third-order valence-corrected chi connectivity index (χ3v) is 4.01. The number of nitrogens with one attached hydrogen (secondary N) is 2. The Labute approximate surface area is 139 Å². The Bertz CT molecular complexity index is 986. The van der Waals surface area contributed by atoms with Crippen molar-refractivity contribution in [1.29, 1.82) is 0 Å². The summed E-state index contributed by atoms with van der Waals surface area (Å²) in [4.78, 5) is 12.4. The van der Waals surface area contributed by atoms with Crippen LogP contribution in [0.25, 0.3) is 22.6 Å². The second kappa shape index (κ2) is 5.85. The van der Waals surface area contributed by atoms with Gasteiger partial charge in [0.05, 0.1) is 18.3 Å². The van der Waals surface area contributed by atoms with Gasteiger partial charge in [0.1, 0.15) is 11.6 Å². The van der Waals surface area contributed by atoms with E-state index in [2.05, 4.69) is 51.5 Å². The molecule has 3 heterocycles. The van der Waals surface area contributed by atoms with E-state index in [1.165, 1.54) is 0 Å². The number of aryl methyl sites for hydroxylation is 2. The van der Waals surface area contributed by atoms with Gasteiger partial charge in [-0.3, -0.25) is 0 Å². The topological polar surface area (TPSA) is 66.7 Å². The molecule has 0 unspecified atom stereocenters. The van der Waals surface area contributed by atoms with Gasteiger partial charge < -0.3 is 14.7 Å². The maximum atomic E-state index is 5.36. The molecule has 24 heavy (non-hydrogen) atoms. The lowest BCUT2D eigenvalue weighted by atomic mass is 10.1. The molecular weight excluding hydrogens is 300 g/mol. The van der Waals surface area contributed by atoms with Crippen LogP contribution in [0.4, 0.5) is 5.69 Å². The Kier molecular flexibility index (Phi) is 3.54. The van der Waals surface area contributed by atoms with Crippen molar-refractivity contribution in [3.05, 3.63) is 65.7 Å². The number of aromatic amines is 1. The molecule has 0 amide bonds. The van der Waals surface area contributed by atoms with Gasteiger partial charge in [0, 0.05) is 17.4 Å². The molecule has 2 N–H and O–H groups in total. The molecule has 120 valence electrons. The average Bonchev–Trinajstić information content (AvgIpc) is 3.22. The van der Waals surface area contributed by atoms with E-state index in [4.69, 9.17) is 4.42 Å². The number of anilines is 1. The molecule has 0 aliphatic carbocycles. The number of hydrogen-bond acceptors (Lipinski definition) is 4. The molecule has 4 rings (SSSR count). The molecule has 3 aromatic heterocycles. The fourth-order valence-corrected chi connectivity index (χ4v) is 2.72. The van der Waals surface area contributed by atoms with E-state index in [9.17, 15) is 0 Å². The predicted octanol–water partition coefficient (Wildman–Crippen LogP) is 4.45. The van der Waals surface area contributed by atoms with Crippen LogP contribution >= 0.6 is 0 Å². The van der Waals surface area contributed by atoms with Gasteiger partial charge in [-0.1, -0.05) is 6.07 Å². The summed E-state index contributed by atoms with van der Waals surface area (Å²) in [5.74, 6) is 1.74. The second-order valence-corrected chi connectivity index (χ2v) is 5.93. The zero-order valence-electron chi connectivity index (χ0n) is 13.6. The van der Waals surface area contributed by atoms with E-state index in [1.54, 1.807) is 6.26 Å². The molecule has 0 bridgehead atoms. The van der Waals surface area contributed by atoms with Crippen molar-refractivity contribution in [3.63, 3.8) is 0 Å². The zero-order chi connectivity index (χ0) is 16.5. The van der Waals surface area contributed by atoms with E-state index in [-0.39, 0.29) is 0 Å². The van der Waals surface area contributed by atoms with Crippen molar-refractivity contribution in [3.8, 4) is 11.4 Å². The van der Waals surface area contributed by atoms with Crippen molar-refractivity contribution in [1.82, 2.24) is 15.0 Å². The summed E-state index contributed by atoms with van der Waals surface area (Å²) in [6.45, 7) is 4.76. The smallest absolute Gasteiger partial charge is 0.178 e. The highest BCUT2D eigenvalue weighted by Gasteiger charge is 2.10. The van der Waals surface area contributed by atoms with Gasteiger partial charge in [-0.25, -0.2) is 9.97 Å². The van der Waals surface area contributed by atoms with Crippen LogP contribution in [0.2, 0.25) is 0 Å². The third-order valence-electron chi connectivity index (χ3n) is 4.01. The number of pyridine rings is 1. The molecule has 0 aliphatic rings. The maximum Gasteiger partial charge on any atom is 0.178 e. The first-order chi connectivity index (χ1) is 11.7. The van der Waals surface area contributed by atoms with Crippen LogP contribution in [0, 0.1) is 13.8 Å². The first-order valence-corrected chi connectivity index (χ1v) is 7.89. The standard InChI is InChI=1S/C19H18N4O/c1-12-8-17-19(21-10-12)23-18(22-17)16-9-14(6-5-13(16)2)20-11-15-4-3-7-24-15/h3-10,20H,11H2,1-2H3,(H,21,22,23). The van der Waals surface area contributed by atoms with Crippen molar-refractivity contribution < 1.29 is 4.42 Å². The quantitative estimate of drug-likeness (QED) is 0.583. The largest absolute Gasteiger partial charge is 0.467 e. The number of H-pyrrole nitrogens is 1. The monoisotopic (exact) mass is 318 g/mol. The van der Waals surface area contributed by atoms with E-state index >= 15 is 0 Å². The minimum Gasteiger partial charge on any atom is -0.467 e. The maximum absolute atomic E-state index is 5.36. The van der Waals surface area contributed by atoms with Crippen molar-refractivity contribution in [2.45, 2.75) is 20.4 Å². The molecule has 5 heteroatoms. The average molecular weight is 318 g/mol. The van der Waals surface area contributed by atoms with Gasteiger partial charge in [-0.05, 0) is 55.3 Å². The van der Waals surface area contributed by atoms with Crippen LogP contribution < -0.4 is 5.32 Å². The number of benzene rings is 1. The minimum atomic E-state index is 0.649. The summed E-state index contributed by atoms with van der Waals surface area (Å²) in [5.41, 5.74) is 6.06. The number of hydrogen-bond donors (Lipinski definition) is 2. The van der Waals surface area contributed by atoms with Crippen molar-refractivity contribution in [2.24, 2.45) is 0 Å². The van der Waals surface area contributed by atoms with E-state index in [0.29, 0.717) is 6.54 Å². The molecule has 0 spiro atoms. The molecule has 5 nitrogen and oxygen atoms in total. The number of furan rings is 1. The fourth-order valence-electron chi connectivity index (χ4n) is 2.72. The van der Waals surface area contributed by atoms with Gasteiger partial charge in [-0.15, -0.1) is 0 Å². The normalized spacial score (nSPS) is 11.1. The van der Waals surface area contributed by atoms with Crippen molar-refractivity contribution >= 4 is 16.9 Å². The highest BCUT2D eigenvalue weighted by molar-refractivity contribution is 5.78. The van der Waals surface area contributed by atoms with Crippen molar-refractivity contribution in [2.75, 3.05) is 5.32 Å². The second-order valence-electron chi connectivity index (χ2n) is 5.93. The first kappa shape index (κ1) is 14.5. The minimum absolute atomic E-state index is 0.649. The van der Waals surface area contributed by atoms with E-state index in [0.717, 1.165) is 45.1 Å². The summed E-state index contributed by atoms with van der Waals surface area (Å²) in [5, 5.41) is 3.38. The molecular formula is C19H18N4O. The number of imidazole rings is 1. The summed E-state index contributed by atoms with van der Waals surface area (Å²) in [7, 11) is 0. The number of rotatable bonds is 4. The molecule has 0 atom stereocenters. The molecule has 4 aromatic rings. The Morgan fingerprint density at radius 3 is 2.92 bits per heavy atom. The number of aromatic nitrogens is 3. The van der Waals surface area contributed by atoms with Gasteiger partial charge >= 0.3 is 0 Å². The van der Waals surface area contributed by atoms with Crippen LogP contribution in [0.1, 0.15) is 16.9 Å². The van der Waals surface area contributed by atoms with Crippen LogP contribution in [0.3, 0.4) is 0 Å². The summed E-state index contributed by atoms with van der Waals surface area (Å²) in [6, 6.07) is 12.2. The molecule has 0 radical (unpaired) electrons. The summed E-state index contributed by atoms with van der Waals surface area (Å²) >= 11 is 0. The highest BCUT2D eigenvalue weighted by atomic mass is 16.3. The van der Waals surface area contributed by atoms with Crippen LogP contribution in [0.15, 0.2) is 53.3 Å². The molecule has 0 fully saturated rings. The molecule has 0 saturated carbocycles.